The molecule has 0 unspecified atom stereocenters. The maximum Gasteiger partial charge on any atom is 0.410 e. The van der Waals surface area contributed by atoms with Gasteiger partial charge in [0.25, 0.3) is 0 Å². The molecule has 1 heterocycles. The number of likely N-dealkylation sites (tertiary alicyclic amines) is 1. The van der Waals surface area contributed by atoms with Crippen molar-refractivity contribution >= 4 is 11.9 Å². The summed E-state index contributed by atoms with van der Waals surface area (Å²) in [5.74, 6) is 0.108. The fourth-order valence-electron chi connectivity index (χ4n) is 1.65. The van der Waals surface area contributed by atoms with Gasteiger partial charge in [-0.05, 0) is 27.2 Å². The van der Waals surface area contributed by atoms with Crippen LogP contribution in [-0.2, 0) is 9.53 Å². The summed E-state index contributed by atoms with van der Waals surface area (Å²) in [7, 11) is 0. The highest BCUT2D eigenvalue weighted by molar-refractivity contribution is 5.91. The van der Waals surface area contributed by atoms with Gasteiger partial charge >= 0.3 is 6.09 Å². The molecule has 1 aliphatic rings. The Balaban J connectivity index is 2.76. The minimum absolute atomic E-state index is 0.108. The lowest BCUT2D eigenvalue weighted by Crippen LogP contribution is -2.56. The maximum absolute atomic E-state index is 11.6. The van der Waals surface area contributed by atoms with Gasteiger partial charge in [0.2, 0.25) is 0 Å². The molecule has 0 aliphatic carbocycles. The molecule has 0 aromatic heterocycles. The summed E-state index contributed by atoms with van der Waals surface area (Å²) in [6.07, 6.45) is 0.912. The van der Waals surface area contributed by atoms with Gasteiger partial charge in [-0.25, -0.2) is 4.79 Å². The number of carbonyl (C=O) groups is 2. The van der Waals surface area contributed by atoms with Crippen LogP contribution in [0, 0.1) is 0 Å². The zero-order valence-electron chi connectivity index (χ0n) is 9.00. The molecule has 1 amide bonds. The van der Waals surface area contributed by atoms with E-state index in [1.54, 1.807) is 20.8 Å². The number of ketones is 1. The highest BCUT2D eigenvalue weighted by Gasteiger charge is 2.40. The van der Waals surface area contributed by atoms with Gasteiger partial charge in [-0.2, -0.15) is 0 Å². The monoisotopic (exact) mass is 199 g/mol. The van der Waals surface area contributed by atoms with E-state index in [0.29, 0.717) is 19.6 Å². The molecule has 0 aromatic carbocycles. The lowest BCUT2D eigenvalue weighted by Gasteiger charge is -2.39. The van der Waals surface area contributed by atoms with Crippen LogP contribution < -0.4 is 0 Å². The average Bonchev–Trinajstić information content (AvgIpc) is 2.10. The molecule has 4 heteroatoms. The van der Waals surface area contributed by atoms with Crippen molar-refractivity contribution in [2.75, 3.05) is 13.2 Å². The molecule has 1 fully saturated rings. The van der Waals surface area contributed by atoms with Gasteiger partial charge in [-0.1, -0.05) is 0 Å². The predicted molar refractivity (Wildman–Crippen MR) is 52.0 cm³/mol. The van der Waals surface area contributed by atoms with E-state index in [1.807, 2.05) is 0 Å². The van der Waals surface area contributed by atoms with Crippen LogP contribution in [0.25, 0.3) is 0 Å². The number of rotatable bonds is 1. The summed E-state index contributed by atoms with van der Waals surface area (Å²) in [5, 5.41) is 0. The minimum atomic E-state index is -0.704. The van der Waals surface area contributed by atoms with Crippen molar-refractivity contribution in [3.8, 4) is 0 Å². The van der Waals surface area contributed by atoms with Crippen LogP contribution in [0.1, 0.15) is 33.6 Å². The molecule has 0 spiro atoms. The standard InChI is InChI=1S/C10H17NO3/c1-4-14-9(13)11-7-5-6-8(12)10(11,2)3/h4-7H2,1-3H3. The van der Waals surface area contributed by atoms with Gasteiger partial charge in [0.15, 0.2) is 5.78 Å². The smallest absolute Gasteiger partial charge is 0.410 e. The Hall–Kier alpha value is -1.06. The average molecular weight is 199 g/mol. The van der Waals surface area contributed by atoms with Crippen molar-refractivity contribution < 1.29 is 14.3 Å². The Kier molecular flexibility index (Phi) is 3.13. The lowest BCUT2D eigenvalue weighted by atomic mass is 9.89. The number of hydrogen-bond donors (Lipinski definition) is 0. The van der Waals surface area contributed by atoms with Gasteiger partial charge in [0, 0.05) is 13.0 Å². The summed E-state index contributed by atoms with van der Waals surface area (Å²) in [5.41, 5.74) is -0.704. The molecule has 1 rings (SSSR count). The van der Waals surface area contributed by atoms with E-state index in [2.05, 4.69) is 0 Å². The Morgan fingerprint density at radius 1 is 1.57 bits per heavy atom. The van der Waals surface area contributed by atoms with Gasteiger partial charge in [-0.3, -0.25) is 9.69 Å². The zero-order chi connectivity index (χ0) is 10.8. The second-order valence-corrected chi connectivity index (χ2v) is 3.94. The molecule has 4 nitrogen and oxygen atoms in total. The summed E-state index contributed by atoms with van der Waals surface area (Å²) in [4.78, 5) is 24.6. The molecule has 1 saturated heterocycles. The molecule has 0 N–H and O–H groups in total. The van der Waals surface area contributed by atoms with Gasteiger partial charge in [0.1, 0.15) is 0 Å². The number of amides is 1. The predicted octanol–water partition coefficient (Wildman–Crippen LogP) is 1.59. The molecule has 80 valence electrons. The number of piperidine rings is 1. The van der Waals surface area contributed by atoms with Crippen LogP contribution in [0.4, 0.5) is 4.79 Å². The van der Waals surface area contributed by atoms with Gasteiger partial charge in [-0.15, -0.1) is 0 Å². The number of hydrogen-bond acceptors (Lipinski definition) is 3. The normalized spacial score (nSPS) is 20.8. The summed E-state index contributed by atoms with van der Waals surface area (Å²) < 4.78 is 4.90. The second-order valence-electron chi connectivity index (χ2n) is 3.94. The molecule has 0 saturated carbocycles. The summed E-state index contributed by atoms with van der Waals surface area (Å²) in [6, 6.07) is 0. The highest BCUT2D eigenvalue weighted by atomic mass is 16.6. The zero-order valence-corrected chi connectivity index (χ0v) is 9.00. The van der Waals surface area contributed by atoms with Crippen LogP contribution in [0.15, 0.2) is 0 Å². The Morgan fingerprint density at radius 3 is 2.79 bits per heavy atom. The fourth-order valence-corrected chi connectivity index (χ4v) is 1.65. The minimum Gasteiger partial charge on any atom is -0.450 e. The van der Waals surface area contributed by atoms with E-state index >= 15 is 0 Å². The topological polar surface area (TPSA) is 46.6 Å². The van der Waals surface area contributed by atoms with E-state index < -0.39 is 5.54 Å². The third-order valence-corrected chi connectivity index (χ3v) is 2.63. The maximum atomic E-state index is 11.6. The Labute approximate surface area is 84.2 Å². The second kappa shape index (κ2) is 3.98. The SMILES string of the molecule is CCOC(=O)N1CCCC(=O)C1(C)C. The number of ether oxygens (including phenoxy) is 1. The van der Waals surface area contributed by atoms with Gasteiger partial charge in [0.05, 0.1) is 12.1 Å². The van der Waals surface area contributed by atoms with Crippen LogP contribution >= 0.6 is 0 Å². The molecular weight excluding hydrogens is 182 g/mol. The third-order valence-electron chi connectivity index (χ3n) is 2.63. The number of Topliss-reactive ketones (excluding diaryl/α,β-unsaturated/α-hetero) is 1. The molecule has 1 aliphatic heterocycles. The molecule has 14 heavy (non-hydrogen) atoms. The Bertz CT molecular complexity index is 248. The van der Waals surface area contributed by atoms with E-state index in [4.69, 9.17) is 4.74 Å². The first-order chi connectivity index (χ1) is 6.50. The van der Waals surface area contributed by atoms with Crippen LogP contribution in [-0.4, -0.2) is 35.5 Å². The molecule has 0 aromatic rings. The highest BCUT2D eigenvalue weighted by Crippen LogP contribution is 2.24. The molecule has 0 bridgehead atoms. The van der Waals surface area contributed by atoms with Crippen molar-refractivity contribution in [1.82, 2.24) is 4.90 Å². The van der Waals surface area contributed by atoms with E-state index in [0.717, 1.165) is 6.42 Å². The van der Waals surface area contributed by atoms with Crippen molar-refractivity contribution in [3.05, 3.63) is 0 Å². The van der Waals surface area contributed by atoms with E-state index in [9.17, 15) is 9.59 Å². The first-order valence-corrected chi connectivity index (χ1v) is 4.98. The van der Waals surface area contributed by atoms with Crippen LogP contribution in [0.2, 0.25) is 0 Å². The summed E-state index contributed by atoms with van der Waals surface area (Å²) >= 11 is 0. The molecular formula is C10H17NO3. The summed E-state index contributed by atoms with van der Waals surface area (Å²) in [6.45, 7) is 6.25. The third kappa shape index (κ3) is 1.89. The van der Waals surface area contributed by atoms with Crippen LogP contribution in [0.3, 0.4) is 0 Å². The number of nitrogens with zero attached hydrogens (tertiary/aromatic N) is 1. The van der Waals surface area contributed by atoms with Crippen LogP contribution in [0.5, 0.6) is 0 Å². The van der Waals surface area contributed by atoms with Crippen molar-refractivity contribution in [2.24, 2.45) is 0 Å². The fraction of sp³-hybridized carbons (Fsp3) is 0.800. The van der Waals surface area contributed by atoms with Crippen molar-refractivity contribution in [2.45, 2.75) is 39.2 Å². The first-order valence-electron chi connectivity index (χ1n) is 4.98. The van der Waals surface area contributed by atoms with E-state index in [1.165, 1.54) is 4.90 Å². The molecule has 0 atom stereocenters. The lowest BCUT2D eigenvalue weighted by molar-refractivity contribution is -0.131. The number of carbonyl (C=O) groups excluding carboxylic acids is 2. The molecule has 0 radical (unpaired) electrons. The van der Waals surface area contributed by atoms with Gasteiger partial charge < -0.3 is 4.74 Å². The van der Waals surface area contributed by atoms with Crippen molar-refractivity contribution in [1.29, 1.82) is 0 Å². The largest absolute Gasteiger partial charge is 0.450 e. The van der Waals surface area contributed by atoms with E-state index in [-0.39, 0.29) is 11.9 Å². The quantitative estimate of drug-likeness (QED) is 0.644. The Morgan fingerprint density at radius 2 is 2.21 bits per heavy atom. The van der Waals surface area contributed by atoms with Crippen molar-refractivity contribution in [3.63, 3.8) is 0 Å². The first kappa shape index (κ1) is 11.0.